The van der Waals surface area contributed by atoms with Gasteiger partial charge in [-0.3, -0.25) is 9.59 Å². The van der Waals surface area contributed by atoms with Gasteiger partial charge in [0.2, 0.25) is 11.9 Å². The molecular formula is C30H37N7O3. The highest BCUT2D eigenvalue weighted by Gasteiger charge is 2.41. The summed E-state index contributed by atoms with van der Waals surface area (Å²) >= 11 is 0. The van der Waals surface area contributed by atoms with Crippen molar-refractivity contribution < 1.29 is 14.3 Å². The molecule has 10 nitrogen and oxygen atoms in total. The molecule has 1 aromatic heterocycles. The van der Waals surface area contributed by atoms with Gasteiger partial charge in [0.05, 0.1) is 24.4 Å². The predicted molar refractivity (Wildman–Crippen MR) is 157 cm³/mol. The summed E-state index contributed by atoms with van der Waals surface area (Å²) in [5.41, 5.74) is 2.11. The van der Waals surface area contributed by atoms with Crippen molar-refractivity contribution in [1.29, 1.82) is 0 Å². The van der Waals surface area contributed by atoms with Crippen molar-refractivity contribution in [1.82, 2.24) is 20.6 Å². The summed E-state index contributed by atoms with van der Waals surface area (Å²) in [7, 11) is 3.34. The number of benzene rings is 2. The van der Waals surface area contributed by atoms with E-state index in [1.807, 2.05) is 44.2 Å². The van der Waals surface area contributed by atoms with Gasteiger partial charge in [-0.15, -0.1) is 0 Å². The Kier molecular flexibility index (Phi) is 7.88. The summed E-state index contributed by atoms with van der Waals surface area (Å²) < 4.78 is 5.62. The molecule has 0 saturated carbocycles. The van der Waals surface area contributed by atoms with Crippen LogP contribution in [0.1, 0.15) is 43.5 Å². The standard InChI is InChI=1S/C30H37N7O3/c1-5-30(2)19-37(22-11-7-6-8-12-22)26-24(36(3)28(30)39)18-32-29(35-26)34-23-14-13-20(16-25(23)40-4)27(38)33-21-10-9-15-31-17-21/h6-8,11-14,16,18,21,31H,5,9-10,15,17,19H2,1-4H3,(H,33,38)(H,32,34,35)/t21-,30+/m0/s1. The number of fused-ring (bicyclic) bond motifs is 1. The summed E-state index contributed by atoms with van der Waals surface area (Å²) in [6, 6.07) is 15.3. The third-order valence-electron chi connectivity index (χ3n) is 7.89. The fourth-order valence-electron chi connectivity index (χ4n) is 5.25. The molecule has 1 fully saturated rings. The van der Waals surface area contributed by atoms with Crippen molar-refractivity contribution in [2.45, 2.75) is 39.2 Å². The Hall–Kier alpha value is -4.18. The van der Waals surface area contributed by atoms with Crippen molar-refractivity contribution >= 4 is 40.6 Å². The number of nitrogens with one attached hydrogen (secondary N) is 3. The first-order valence-electron chi connectivity index (χ1n) is 13.8. The zero-order valence-corrected chi connectivity index (χ0v) is 23.5. The molecule has 1 saturated heterocycles. The molecule has 0 spiro atoms. The number of nitrogens with zero attached hydrogens (tertiary/aromatic N) is 4. The van der Waals surface area contributed by atoms with Crippen LogP contribution in [0.3, 0.4) is 0 Å². The van der Waals surface area contributed by atoms with Gasteiger partial charge in [-0.1, -0.05) is 25.1 Å². The fourth-order valence-corrected chi connectivity index (χ4v) is 5.25. The lowest BCUT2D eigenvalue weighted by Gasteiger charge is -2.32. The van der Waals surface area contributed by atoms with E-state index in [9.17, 15) is 9.59 Å². The molecule has 2 aliphatic rings. The van der Waals surface area contributed by atoms with Crippen molar-refractivity contribution in [2.75, 3.05) is 48.9 Å². The van der Waals surface area contributed by atoms with Crippen LogP contribution in [0.4, 0.5) is 28.8 Å². The third kappa shape index (κ3) is 5.44. The molecule has 2 amide bonds. The van der Waals surface area contributed by atoms with E-state index in [2.05, 4.69) is 25.8 Å². The number of rotatable bonds is 7. The van der Waals surface area contributed by atoms with Gasteiger partial charge in [0, 0.05) is 37.4 Å². The van der Waals surface area contributed by atoms with Crippen LogP contribution in [0.2, 0.25) is 0 Å². The summed E-state index contributed by atoms with van der Waals surface area (Å²) in [6.07, 6.45) is 4.36. The molecule has 2 atom stereocenters. The van der Waals surface area contributed by atoms with E-state index in [0.717, 1.165) is 31.6 Å². The zero-order chi connectivity index (χ0) is 28.3. The van der Waals surface area contributed by atoms with Crippen LogP contribution in [-0.4, -0.2) is 61.6 Å². The Labute approximate surface area is 235 Å². The smallest absolute Gasteiger partial charge is 0.251 e. The van der Waals surface area contributed by atoms with Gasteiger partial charge >= 0.3 is 0 Å². The number of piperidine rings is 1. The molecule has 0 radical (unpaired) electrons. The second-order valence-corrected chi connectivity index (χ2v) is 10.7. The molecule has 5 rings (SSSR count). The van der Waals surface area contributed by atoms with E-state index in [0.29, 0.717) is 47.4 Å². The SMILES string of the molecule is CC[C@]1(C)CN(c2ccccc2)c2nc(Nc3ccc(C(=O)N[C@H]4CCCNC4)cc3OC)ncc2N(C)C1=O. The second kappa shape index (κ2) is 11.5. The van der Waals surface area contributed by atoms with E-state index in [1.54, 1.807) is 43.5 Å². The number of anilines is 5. The maximum Gasteiger partial charge on any atom is 0.251 e. The van der Waals surface area contributed by atoms with Crippen LogP contribution in [0.5, 0.6) is 5.75 Å². The molecule has 2 aliphatic heterocycles. The summed E-state index contributed by atoms with van der Waals surface area (Å²) in [5.74, 6) is 1.37. The average Bonchev–Trinajstić information content (AvgIpc) is 3.07. The lowest BCUT2D eigenvalue weighted by Crippen LogP contribution is -2.45. The number of methoxy groups -OCH3 is 1. The van der Waals surface area contributed by atoms with E-state index in [4.69, 9.17) is 9.72 Å². The van der Waals surface area contributed by atoms with Gasteiger partial charge in [-0.2, -0.15) is 4.98 Å². The molecule has 40 heavy (non-hydrogen) atoms. The lowest BCUT2D eigenvalue weighted by atomic mass is 9.85. The van der Waals surface area contributed by atoms with Gasteiger partial charge in [0.25, 0.3) is 5.91 Å². The van der Waals surface area contributed by atoms with Crippen LogP contribution in [0, 0.1) is 5.41 Å². The first-order valence-corrected chi connectivity index (χ1v) is 13.8. The van der Waals surface area contributed by atoms with Gasteiger partial charge in [-0.05, 0) is 63.1 Å². The Morgan fingerprint density at radius 1 is 1.23 bits per heavy atom. The maximum atomic E-state index is 13.5. The van der Waals surface area contributed by atoms with Crippen LogP contribution in [0.15, 0.2) is 54.7 Å². The normalized spacial score (nSPS) is 20.9. The molecule has 0 aliphatic carbocycles. The van der Waals surface area contributed by atoms with Crippen molar-refractivity contribution in [2.24, 2.45) is 5.41 Å². The number of hydrogen-bond donors (Lipinski definition) is 3. The summed E-state index contributed by atoms with van der Waals surface area (Å²) in [6.45, 7) is 6.26. The zero-order valence-electron chi connectivity index (χ0n) is 23.5. The molecule has 3 aromatic rings. The van der Waals surface area contributed by atoms with Gasteiger partial charge in [0.1, 0.15) is 11.4 Å². The van der Waals surface area contributed by atoms with Crippen LogP contribution < -0.4 is 30.5 Å². The number of para-hydroxylation sites is 1. The highest BCUT2D eigenvalue weighted by atomic mass is 16.5. The van der Waals surface area contributed by atoms with E-state index in [1.165, 1.54) is 0 Å². The first kappa shape index (κ1) is 27.4. The molecule has 0 bridgehead atoms. The quantitative estimate of drug-likeness (QED) is 0.406. The number of aromatic nitrogens is 2. The van der Waals surface area contributed by atoms with Crippen LogP contribution in [0.25, 0.3) is 0 Å². The Morgan fingerprint density at radius 3 is 2.73 bits per heavy atom. The number of hydrogen-bond acceptors (Lipinski definition) is 8. The topological polar surface area (TPSA) is 112 Å². The number of carbonyl (C=O) groups excluding carboxylic acids is 2. The number of amides is 2. The van der Waals surface area contributed by atoms with Gasteiger partial charge < -0.3 is 30.5 Å². The Bertz CT molecular complexity index is 1380. The van der Waals surface area contributed by atoms with E-state index >= 15 is 0 Å². The van der Waals surface area contributed by atoms with Crippen LogP contribution in [-0.2, 0) is 4.79 Å². The lowest BCUT2D eigenvalue weighted by molar-refractivity contribution is -0.126. The minimum absolute atomic E-state index is 0.0264. The predicted octanol–water partition coefficient (Wildman–Crippen LogP) is 4.24. The molecule has 3 heterocycles. The van der Waals surface area contributed by atoms with Gasteiger partial charge in [0.15, 0.2) is 5.82 Å². The minimum Gasteiger partial charge on any atom is -0.495 e. The largest absolute Gasteiger partial charge is 0.495 e. The summed E-state index contributed by atoms with van der Waals surface area (Å²) in [4.78, 5) is 39.5. The van der Waals surface area contributed by atoms with Gasteiger partial charge in [-0.25, -0.2) is 4.98 Å². The highest BCUT2D eigenvalue weighted by molar-refractivity contribution is 6.02. The molecule has 210 valence electrons. The van der Waals surface area contributed by atoms with Crippen molar-refractivity contribution in [3.63, 3.8) is 0 Å². The molecule has 2 aromatic carbocycles. The number of carbonyl (C=O) groups is 2. The maximum absolute atomic E-state index is 13.5. The molecule has 3 N–H and O–H groups in total. The van der Waals surface area contributed by atoms with E-state index in [-0.39, 0.29) is 17.9 Å². The van der Waals surface area contributed by atoms with E-state index < -0.39 is 5.41 Å². The Balaban J connectivity index is 1.45. The van der Waals surface area contributed by atoms with Crippen molar-refractivity contribution in [3.05, 3.63) is 60.3 Å². The highest BCUT2D eigenvalue weighted by Crippen LogP contribution is 2.42. The Morgan fingerprint density at radius 2 is 2.02 bits per heavy atom. The van der Waals surface area contributed by atoms with Crippen LogP contribution >= 0.6 is 0 Å². The first-order chi connectivity index (χ1) is 19.3. The second-order valence-electron chi connectivity index (χ2n) is 10.7. The third-order valence-corrected chi connectivity index (χ3v) is 7.89. The molecule has 0 unspecified atom stereocenters. The fraction of sp³-hybridized carbons (Fsp3) is 0.400. The van der Waals surface area contributed by atoms with Crippen molar-refractivity contribution in [3.8, 4) is 5.75 Å². The summed E-state index contributed by atoms with van der Waals surface area (Å²) in [5, 5.41) is 9.66. The molecule has 10 heteroatoms. The molecular weight excluding hydrogens is 506 g/mol. The minimum atomic E-state index is -0.605. The monoisotopic (exact) mass is 543 g/mol. The average molecular weight is 544 g/mol. The number of ether oxygens (including phenoxy) is 1.